The number of hydrogen-bond acceptors (Lipinski definition) is 6. The molecule has 1 aromatic rings. The van der Waals surface area contributed by atoms with Gasteiger partial charge in [0, 0.05) is 17.6 Å². The van der Waals surface area contributed by atoms with E-state index in [0.717, 1.165) is 18.4 Å². The van der Waals surface area contributed by atoms with Crippen LogP contribution in [-0.4, -0.2) is 34.2 Å². The summed E-state index contributed by atoms with van der Waals surface area (Å²) in [5, 5.41) is 28.7. The van der Waals surface area contributed by atoms with Gasteiger partial charge in [0.25, 0.3) is 0 Å². The van der Waals surface area contributed by atoms with Gasteiger partial charge in [0.05, 0.1) is 6.26 Å². The molecule has 6 heteroatoms. The van der Waals surface area contributed by atoms with Gasteiger partial charge in [0.15, 0.2) is 17.8 Å². The fourth-order valence-electron chi connectivity index (χ4n) is 3.62. The van der Waals surface area contributed by atoms with E-state index in [4.69, 9.17) is 9.47 Å². The first-order chi connectivity index (χ1) is 12.0. The Kier molecular flexibility index (Phi) is 4.99. The van der Waals surface area contributed by atoms with Gasteiger partial charge in [-0.1, -0.05) is 13.0 Å². The second-order valence-electron chi connectivity index (χ2n) is 6.65. The molecular formula is C19H22O6. The lowest BCUT2D eigenvalue weighted by molar-refractivity contribution is -0.139. The lowest BCUT2D eigenvalue weighted by atomic mass is 9.84. The molecule has 1 aliphatic heterocycles. The number of rotatable bonds is 4. The quantitative estimate of drug-likeness (QED) is 0.440. The van der Waals surface area contributed by atoms with Crippen molar-refractivity contribution in [3.63, 3.8) is 0 Å². The van der Waals surface area contributed by atoms with E-state index >= 15 is 0 Å². The zero-order valence-corrected chi connectivity index (χ0v) is 14.0. The summed E-state index contributed by atoms with van der Waals surface area (Å²) in [6, 6.07) is 4.27. The zero-order chi connectivity index (χ0) is 18.0. The molecule has 2 aliphatic rings. The topological polar surface area (TPSA) is 96.2 Å². The van der Waals surface area contributed by atoms with Crippen LogP contribution in [0.3, 0.4) is 0 Å². The first kappa shape index (κ1) is 17.4. The highest BCUT2D eigenvalue weighted by atomic mass is 16.6. The number of phenols is 2. The minimum atomic E-state index is -0.788. The molecule has 1 fully saturated rings. The minimum absolute atomic E-state index is 0.0502. The van der Waals surface area contributed by atoms with Crippen LogP contribution in [0.4, 0.5) is 0 Å². The number of carbonyl (C=O) groups excluding carboxylic acids is 1. The summed E-state index contributed by atoms with van der Waals surface area (Å²) in [6.45, 7) is 2.23. The first-order valence-corrected chi connectivity index (χ1v) is 8.35. The molecule has 1 aliphatic carbocycles. The van der Waals surface area contributed by atoms with Crippen molar-refractivity contribution in [3.05, 3.63) is 41.7 Å². The molecule has 1 aromatic carbocycles. The van der Waals surface area contributed by atoms with Crippen LogP contribution in [0.25, 0.3) is 6.08 Å². The number of phenolic OH excluding ortho intramolecular Hbond substituents is 2. The third-order valence-corrected chi connectivity index (χ3v) is 5.01. The summed E-state index contributed by atoms with van der Waals surface area (Å²) in [6.07, 6.45) is 5.46. The summed E-state index contributed by atoms with van der Waals surface area (Å²) in [7, 11) is 0. The average Bonchev–Trinajstić information content (AvgIpc) is 2.98. The third-order valence-electron chi connectivity index (χ3n) is 5.01. The number of ether oxygens (including phenoxy) is 2. The number of hydrogen-bond donors (Lipinski definition) is 3. The van der Waals surface area contributed by atoms with Gasteiger partial charge in [-0.25, -0.2) is 4.79 Å². The van der Waals surface area contributed by atoms with Crippen LogP contribution >= 0.6 is 0 Å². The van der Waals surface area contributed by atoms with Crippen molar-refractivity contribution in [3.8, 4) is 11.5 Å². The second-order valence-corrected chi connectivity index (χ2v) is 6.65. The van der Waals surface area contributed by atoms with E-state index in [-0.39, 0.29) is 29.9 Å². The monoisotopic (exact) mass is 346 g/mol. The standard InChI is InChI=1S/C19H22O6/c1-11-2-5-14-13(10-25-19(23)18(11)14)9-24-17(22)7-4-12-3-6-15(20)16(21)8-12/h3-4,6-8,10-11,14,18-21,23H,2,5,9H2,1H3/b7-4+/t11-,14+,18+,19+/m0/s1. The van der Waals surface area contributed by atoms with Crippen molar-refractivity contribution in [1.82, 2.24) is 0 Å². The molecule has 3 N–H and O–H groups in total. The van der Waals surface area contributed by atoms with E-state index in [2.05, 4.69) is 6.92 Å². The summed E-state index contributed by atoms with van der Waals surface area (Å²) in [5.74, 6) is -0.367. The molecule has 6 nitrogen and oxygen atoms in total. The fourth-order valence-corrected chi connectivity index (χ4v) is 3.62. The summed E-state index contributed by atoms with van der Waals surface area (Å²) in [5.41, 5.74) is 1.46. The zero-order valence-electron chi connectivity index (χ0n) is 14.0. The van der Waals surface area contributed by atoms with Gasteiger partial charge in [-0.05, 0) is 48.4 Å². The molecule has 1 heterocycles. The molecule has 0 unspecified atom stereocenters. The molecule has 1 saturated carbocycles. The van der Waals surface area contributed by atoms with Crippen molar-refractivity contribution in [1.29, 1.82) is 0 Å². The Morgan fingerprint density at radius 3 is 2.88 bits per heavy atom. The van der Waals surface area contributed by atoms with Crippen molar-refractivity contribution in [2.45, 2.75) is 26.1 Å². The van der Waals surface area contributed by atoms with Gasteiger partial charge >= 0.3 is 5.97 Å². The number of esters is 1. The Labute approximate surface area is 146 Å². The number of fused-ring (bicyclic) bond motifs is 1. The predicted molar refractivity (Wildman–Crippen MR) is 90.3 cm³/mol. The number of aliphatic hydroxyl groups is 1. The van der Waals surface area contributed by atoms with E-state index < -0.39 is 12.3 Å². The van der Waals surface area contributed by atoms with Crippen LogP contribution in [0.15, 0.2) is 36.1 Å². The van der Waals surface area contributed by atoms with Crippen LogP contribution in [0, 0.1) is 17.8 Å². The molecule has 0 spiro atoms. The average molecular weight is 346 g/mol. The summed E-state index contributed by atoms with van der Waals surface area (Å²) >= 11 is 0. The normalized spacial score (nSPS) is 28.3. The highest BCUT2D eigenvalue weighted by Crippen LogP contribution is 2.45. The van der Waals surface area contributed by atoms with Crippen LogP contribution < -0.4 is 0 Å². The van der Waals surface area contributed by atoms with Gasteiger partial charge in [-0.15, -0.1) is 0 Å². The number of carbonyl (C=O) groups is 1. The Morgan fingerprint density at radius 1 is 1.32 bits per heavy atom. The molecule has 0 bridgehead atoms. The number of aliphatic hydroxyl groups excluding tert-OH is 1. The van der Waals surface area contributed by atoms with E-state index in [1.807, 2.05) is 0 Å². The van der Waals surface area contributed by atoms with Crippen LogP contribution in [0.5, 0.6) is 11.5 Å². The van der Waals surface area contributed by atoms with Gasteiger partial charge in [-0.3, -0.25) is 0 Å². The molecular weight excluding hydrogens is 324 g/mol. The molecule has 134 valence electrons. The maximum atomic E-state index is 11.9. The number of benzene rings is 1. The van der Waals surface area contributed by atoms with Gasteiger partial charge in [-0.2, -0.15) is 0 Å². The third kappa shape index (κ3) is 3.79. The highest BCUT2D eigenvalue weighted by molar-refractivity contribution is 5.87. The predicted octanol–water partition coefficient (Wildman–Crippen LogP) is 2.55. The minimum Gasteiger partial charge on any atom is -0.504 e. The molecule has 0 aromatic heterocycles. The van der Waals surface area contributed by atoms with Crippen molar-refractivity contribution in [2.24, 2.45) is 17.8 Å². The van der Waals surface area contributed by atoms with Crippen LogP contribution in [0.1, 0.15) is 25.3 Å². The second kappa shape index (κ2) is 7.19. The lowest BCUT2D eigenvalue weighted by Gasteiger charge is -2.32. The van der Waals surface area contributed by atoms with E-state index in [1.54, 1.807) is 6.07 Å². The fraction of sp³-hybridized carbons (Fsp3) is 0.421. The largest absolute Gasteiger partial charge is 0.504 e. The molecule has 3 rings (SSSR count). The molecule has 4 atom stereocenters. The highest BCUT2D eigenvalue weighted by Gasteiger charge is 2.43. The summed E-state index contributed by atoms with van der Waals surface area (Å²) < 4.78 is 10.6. The Bertz CT molecular complexity index is 708. The number of aromatic hydroxyl groups is 2. The van der Waals surface area contributed by atoms with Crippen LogP contribution in [-0.2, 0) is 14.3 Å². The van der Waals surface area contributed by atoms with E-state index in [1.165, 1.54) is 30.5 Å². The Morgan fingerprint density at radius 2 is 2.12 bits per heavy atom. The van der Waals surface area contributed by atoms with Gasteiger partial charge in [0.2, 0.25) is 0 Å². The summed E-state index contributed by atoms with van der Waals surface area (Å²) in [4.78, 5) is 11.9. The molecule has 0 amide bonds. The van der Waals surface area contributed by atoms with Gasteiger partial charge < -0.3 is 24.8 Å². The van der Waals surface area contributed by atoms with E-state index in [0.29, 0.717) is 11.5 Å². The Balaban J connectivity index is 1.57. The SMILES string of the molecule is C[C@H]1CC[C@@H]2C(COC(=O)/C=C/c3ccc(O)c(O)c3)=CO[C@@H](O)[C@@H]21. The van der Waals surface area contributed by atoms with Crippen molar-refractivity contribution < 1.29 is 29.6 Å². The lowest BCUT2D eigenvalue weighted by Crippen LogP contribution is -2.34. The van der Waals surface area contributed by atoms with Crippen molar-refractivity contribution in [2.75, 3.05) is 6.61 Å². The Hall–Kier alpha value is -2.47. The first-order valence-electron chi connectivity index (χ1n) is 8.35. The van der Waals surface area contributed by atoms with Gasteiger partial charge in [0.1, 0.15) is 6.61 Å². The van der Waals surface area contributed by atoms with E-state index in [9.17, 15) is 20.1 Å². The van der Waals surface area contributed by atoms with Crippen LogP contribution in [0.2, 0.25) is 0 Å². The molecule has 25 heavy (non-hydrogen) atoms. The van der Waals surface area contributed by atoms with Crippen molar-refractivity contribution >= 4 is 12.0 Å². The smallest absolute Gasteiger partial charge is 0.331 e. The molecule has 0 saturated heterocycles. The maximum Gasteiger partial charge on any atom is 0.331 e. The maximum absolute atomic E-state index is 11.9. The molecule has 0 radical (unpaired) electrons.